The Bertz CT molecular complexity index is 325. The zero-order valence-electron chi connectivity index (χ0n) is 9.86. The number of ether oxygens (including phenoxy) is 1. The fourth-order valence-corrected chi connectivity index (χ4v) is 2.09. The Labute approximate surface area is 107 Å². The first-order valence-electron chi connectivity index (χ1n) is 6.14. The molecule has 1 aromatic heterocycles. The molecule has 0 saturated carbocycles. The lowest BCUT2D eigenvalue weighted by Gasteiger charge is -2.23. The minimum atomic E-state index is 0.417. The van der Waals surface area contributed by atoms with Crippen LogP contribution in [0.1, 0.15) is 31.4 Å². The molecule has 1 fully saturated rings. The topological polar surface area (TPSA) is 47.0 Å². The third-order valence-corrected chi connectivity index (χ3v) is 3.16. The van der Waals surface area contributed by atoms with Gasteiger partial charge in [-0.15, -0.1) is 5.10 Å². The molecular formula is C12H18ClN3O. The van der Waals surface area contributed by atoms with Gasteiger partial charge in [-0.05, 0) is 37.9 Å². The van der Waals surface area contributed by atoms with Crippen molar-refractivity contribution < 1.29 is 4.74 Å². The van der Waals surface area contributed by atoms with Crippen LogP contribution in [0.5, 0.6) is 0 Å². The standard InChI is InChI=1S/C12H18ClN3O/c13-12-5-4-11(15-16-12)9-17-8-6-10-3-1-2-7-14-10/h4-5,10,14H,1-3,6-9H2/t10-/m1/s1. The molecule has 0 aliphatic carbocycles. The van der Waals surface area contributed by atoms with Crippen molar-refractivity contribution in [3.63, 3.8) is 0 Å². The molecule has 0 bridgehead atoms. The zero-order valence-corrected chi connectivity index (χ0v) is 10.6. The summed E-state index contributed by atoms with van der Waals surface area (Å²) in [7, 11) is 0. The van der Waals surface area contributed by atoms with Crippen molar-refractivity contribution in [3.05, 3.63) is 23.0 Å². The Morgan fingerprint density at radius 1 is 1.35 bits per heavy atom. The highest BCUT2D eigenvalue weighted by atomic mass is 35.5. The van der Waals surface area contributed by atoms with Crippen LogP contribution in [0.15, 0.2) is 12.1 Å². The second kappa shape index (κ2) is 6.89. The number of nitrogens with zero attached hydrogens (tertiary/aromatic N) is 2. The second-order valence-corrected chi connectivity index (χ2v) is 4.72. The summed E-state index contributed by atoms with van der Waals surface area (Å²) in [6.07, 6.45) is 4.98. The Morgan fingerprint density at radius 2 is 2.29 bits per heavy atom. The van der Waals surface area contributed by atoms with Gasteiger partial charge < -0.3 is 10.1 Å². The number of halogens is 1. The lowest BCUT2D eigenvalue weighted by atomic mass is 10.0. The summed E-state index contributed by atoms with van der Waals surface area (Å²) < 4.78 is 5.58. The van der Waals surface area contributed by atoms with Crippen molar-refractivity contribution in [1.29, 1.82) is 0 Å². The summed E-state index contributed by atoms with van der Waals surface area (Å²) in [5.74, 6) is 0. The van der Waals surface area contributed by atoms with Crippen molar-refractivity contribution in [2.24, 2.45) is 0 Å². The molecule has 0 aromatic carbocycles. The van der Waals surface area contributed by atoms with E-state index >= 15 is 0 Å². The summed E-state index contributed by atoms with van der Waals surface area (Å²) in [5, 5.41) is 11.6. The molecule has 1 aliphatic heterocycles. The Balaban J connectivity index is 1.60. The molecule has 0 radical (unpaired) electrons. The van der Waals surface area contributed by atoms with E-state index in [2.05, 4.69) is 15.5 Å². The fraction of sp³-hybridized carbons (Fsp3) is 0.667. The maximum Gasteiger partial charge on any atom is 0.151 e. The highest BCUT2D eigenvalue weighted by Gasteiger charge is 2.11. The molecule has 2 rings (SSSR count). The normalized spacial score (nSPS) is 20.4. The average molecular weight is 256 g/mol. The number of nitrogens with one attached hydrogen (secondary N) is 1. The molecule has 1 atom stereocenters. The second-order valence-electron chi connectivity index (χ2n) is 4.34. The molecule has 1 saturated heterocycles. The Morgan fingerprint density at radius 3 is 3.00 bits per heavy atom. The smallest absolute Gasteiger partial charge is 0.151 e. The lowest BCUT2D eigenvalue weighted by Crippen LogP contribution is -2.34. The number of aromatic nitrogens is 2. The SMILES string of the molecule is Clc1ccc(COCC[C@H]2CCCCN2)nn1. The van der Waals surface area contributed by atoms with Gasteiger partial charge in [-0.25, -0.2) is 0 Å². The summed E-state index contributed by atoms with van der Waals surface area (Å²) >= 11 is 5.65. The number of hydrogen-bond donors (Lipinski definition) is 1. The molecule has 5 heteroatoms. The van der Waals surface area contributed by atoms with E-state index in [4.69, 9.17) is 16.3 Å². The Hall–Kier alpha value is -0.710. The predicted molar refractivity (Wildman–Crippen MR) is 67.0 cm³/mol. The van der Waals surface area contributed by atoms with Gasteiger partial charge in [0.1, 0.15) is 0 Å². The zero-order chi connectivity index (χ0) is 11.9. The van der Waals surface area contributed by atoms with E-state index in [9.17, 15) is 0 Å². The lowest BCUT2D eigenvalue weighted by molar-refractivity contribution is 0.105. The van der Waals surface area contributed by atoms with Crippen LogP contribution in [-0.4, -0.2) is 29.4 Å². The van der Waals surface area contributed by atoms with Crippen LogP contribution in [0.3, 0.4) is 0 Å². The van der Waals surface area contributed by atoms with E-state index < -0.39 is 0 Å². The van der Waals surface area contributed by atoms with Crippen LogP contribution in [-0.2, 0) is 11.3 Å². The monoisotopic (exact) mass is 255 g/mol. The molecule has 1 aromatic rings. The average Bonchev–Trinajstić information content (AvgIpc) is 2.38. The number of hydrogen-bond acceptors (Lipinski definition) is 4. The van der Waals surface area contributed by atoms with Crippen LogP contribution in [0.25, 0.3) is 0 Å². The van der Waals surface area contributed by atoms with Gasteiger partial charge in [-0.2, -0.15) is 5.10 Å². The van der Waals surface area contributed by atoms with Crippen LogP contribution < -0.4 is 5.32 Å². The van der Waals surface area contributed by atoms with Crippen molar-refractivity contribution in [3.8, 4) is 0 Å². The minimum absolute atomic E-state index is 0.417. The Kier molecular flexibility index (Phi) is 5.16. The number of piperidine rings is 1. The minimum Gasteiger partial charge on any atom is -0.375 e. The maximum absolute atomic E-state index is 5.65. The summed E-state index contributed by atoms with van der Waals surface area (Å²) in [5.41, 5.74) is 0.825. The van der Waals surface area contributed by atoms with Crippen LogP contribution in [0.4, 0.5) is 0 Å². The van der Waals surface area contributed by atoms with E-state index in [1.54, 1.807) is 6.07 Å². The van der Waals surface area contributed by atoms with Crippen LogP contribution in [0.2, 0.25) is 5.15 Å². The van der Waals surface area contributed by atoms with Crippen molar-refractivity contribution in [2.75, 3.05) is 13.2 Å². The van der Waals surface area contributed by atoms with Crippen molar-refractivity contribution >= 4 is 11.6 Å². The summed E-state index contributed by atoms with van der Waals surface area (Å²) in [6, 6.07) is 4.20. The highest BCUT2D eigenvalue weighted by Crippen LogP contribution is 2.10. The predicted octanol–water partition coefficient (Wildman–Crippen LogP) is 2.18. The first kappa shape index (κ1) is 12.7. The first-order chi connectivity index (χ1) is 8.34. The van der Waals surface area contributed by atoms with Gasteiger partial charge in [-0.3, -0.25) is 0 Å². The number of rotatable bonds is 5. The van der Waals surface area contributed by atoms with E-state index in [1.807, 2.05) is 6.07 Å². The van der Waals surface area contributed by atoms with Crippen LogP contribution >= 0.6 is 11.6 Å². The molecule has 94 valence electrons. The molecule has 1 N–H and O–H groups in total. The highest BCUT2D eigenvalue weighted by molar-refractivity contribution is 6.29. The molecule has 4 nitrogen and oxygen atoms in total. The van der Waals surface area contributed by atoms with Gasteiger partial charge in [0.2, 0.25) is 0 Å². The molecule has 1 aliphatic rings. The fourth-order valence-electron chi connectivity index (χ4n) is 1.99. The van der Waals surface area contributed by atoms with Gasteiger partial charge in [-0.1, -0.05) is 18.0 Å². The van der Waals surface area contributed by atoms with E-state index in [-0.39, 0.29) is 0 Å². The van der Waals surface area contributed by atoms with E-state index in [0.717, 1.165) is 25.3 Å². The van der Waals surface area contributed by atoms with Gasteiger partial charge in [0, 0.05) is 12.6 Å². The third-order valence-electron chi connectivity index (χ3n) is 2.96. The third kappa shape index (κ3) is 4.58. The largest absolute Gasteiger partial charge is 0.375 e. The summed E-state index contributed by atoms with van der Waals surface area (Å²) in [4.78, 5) is 0. The molecule has 2 heterocycles. The van der Waals surface area contributed by atoms with Crippen LogP contribution in [0, 0.1) is 0 Å². The maximum atomic E-state index is 5.65. The van der Waals surface area contributed by atoms with E-state index in [0.29, 0.717) is 17.8 Å². The van der Waals surface area contributed by atoms with E-state index in [1.165, 1.54) is 19.3 Å². The van der Waals surface area contributed by atoms with Crippen molar-refractivity contribution in [2.45, 2.75) is 38.3 Å². The molecule has 0 amide bonds. The summed E-state index contributed by atoms with van der Waals surface area (Å²) in [6.45, 7) is 2.42. The van der Waals surface area contributed by atoms with Gasteiger partial charge in [0.15, 0.2) is 5.15 Å². The molecular weight excluding hydrogens is 238 g/mol. The van der Waals surface area contributed by atoms with Gasteiger partial charge in [0.05, 0.1) is 12.3 Å². The first-order valence-corrected chi connectivity index (χ1v) is 6.51. The molecule has 17 heavy (non-hydrogen) atoms. The van der Waals surface area contributed by atoms with Gasteiger partial charge >= 0.3 is 0 Å². The van der Waals surface area contributed by atoms with Crippen molar-refractivity contribution in [1.82, 2.24) is 15.5 Å². The molecule has 0 unspecified atom stereocenters. The quantitative estimate of drug-likeness (QED) is 0.820. The molecule has 0 spiro atoms. The van der Waals surface area contributed by atoms with Gasteiger partial charge in [0.25, 0.3) is 0 Å².